The lowest BCUT2D eigenvalue weighted by Gasteiger charge is -2.07. The molecule has 25 heavy (non-hydrogen) atoms. The maximum atomic E-state index is 10.7. The Kier molecular flexibility index (Phi) is 4.07. The Morgan fingerprint density at radius 3 is 2.84 bits per heavy atom. The number of rotatable bonds is 5. The minimum Gasteiger partial charge on any atom is -0.481 e. The van der Waals surface area contributed by atoms with Gasteiger partial charge in [0.15, 0.2) is 11.5 Å². The molecule has 0 saturated carbocycles. The fourth-order valence-corrected chi connectivity index (χ4v) is 3.57. The molecule has 1 N–H and O–H groups in total. The number of aromatic nitrogens is 4. The van der Waals surface area contributed by atoms with Gasteiger partial charge in [-0.25, -0.2) is 0 Å². The third-order valence-electron chi connectivity index (χ3n) is 3.82. The van der Waals surface area contributed by atoms with Crippen molar-refractivity contribution >= 4 is 34.3 Å². The minimum absolute atomic E-state index is 0.150. The molecule has 6 nitrogen and oxygen atoms in total. The standard InChI is InChI=1S/C18H14N4O2S/c23-17(24)8-10-25-13-5-6-15-12(11-13)4-7-16-20-21-18(22(15)16)14-3-1-2-9-19-14/h1-7,9,11H,8,10H2,(H,23,24). The number of aliphatic carboxylic acids is 1. The lowest BCUT2D eigenvalue weighted by molar-refractivity contribution is -0.136. The summed E-state index contributed by atoms with van der Waals surface area (Å²) >= 11 is 1.54. The molecular weight excluding hydrogens is 336 g/mol. The number of carboxylic acids is 1. The van der Waals surface area contributed by atoms with E-state index in [0.717, 1.165) is 27.1 Å². The second-order valence-corrected chi connectivity index (χ2v) is 6.65. The lowest BCUT2D eigenvalue weighted by atomic mass is 10.2. The first-order valence-corrected chi connectivity index (χ1v) is 8.75. The molecule has 3 heterocycles. The van der Waals surface area contributed by atoms with E-state index in [1.54, 1.807) is 6.20 Å². The van der Waals surface area contributed by atoms with Crippen molar-refractivity contribution in [3.05, 3.63) is 54.7 Å². The highest BCUT2D eigenvalue weighted by atomic mass is 32.2. The van der Waals surface area contributed by atoms with E-state index in [0.29, 0.717) is 11.6 Å². The van der Waals surface area contributed by atoms with Crippen LogP contribution in [0.5, 0.6) is 0 Å². The van der Waals surface area contributed by atoms with Crippen LogP contribution in [0.15, 0.2) is 59.6 Å². The van der Waals surface area contributed by atoms with Gasteiger partial charge in [-0.1, -0.05) is 6.07 Å². The molecule has 0 aliphatic heterocycles. The second-order valence-electron chi connectivity index (χ2n) is 5.48. The van der Waals surface area contributed by atoms with Crippen molar-refractivity contribution < 1.29 is 9.90 Å². The molecule has 124 valence electrons. The number of hydrogen-bond acceptors (Lipinski definition) is 5. The number of carbonyl (C=O) groups is 1. The summed E-state index contributed by atoms with van der Waals surface area (Å²) in [4.78, 5) is 16.1. The zero-order valence-electron chi connectivity index (χ0n) is 13.2. The Morgan fingerprint density at radius 1 is 1.12 bits per heavy atom. The normalized spacial score (nSPS) is 11.2. The number of hydrogen-bond donors (Lipinski definition) is 1. The molecule has 0 radical (unpaired) electrons. The van der Waals surface area contributed by atoms with Crippen LogP contribution >= 0.6 is 11.8 Å². The molecule has 4 rings (SSSR count). The summed E-state index contributed by atoms with van der Waals surface area (Å²) in [7, 11) is 0. The van der Waals surface area contributed by atoms with Gasteiger partial charge >= 0.3 is 5.97 Å². The molecule has 0 aliphatic carbocycles. The Labute approximate surface area is 147 Å². The molecule has 1 aromatic carbocycles. The average molecular weight is 350 g/mol. The van der Waals surface area contributed by atoms with E-state index in [-0.39, 0.29) is 6.42 Å². The van der Waals surface area contributed by atoms with Crippen LogP contribution in [-0.4, -0.2) is 36.4 Å². The highest BCUT2D eigenvalue weighted by Gasteiger charge is 2.12. The predicted molar refractivity (Wildman–Crippen MR) is 96.7 cm³/mol. The van der Waals surface area contributed by atoms with Gasteiger partial charge in [0.25, 0.3) is 0 Å². The smallest absolute Gasteiger partial charge is 0.304 e. The van der Waals surface area contributed by atoms with E-state index in [9.17, 15) is 4.79 Å². The highest BCUT2D eigenvalue weighted by molar-refractivity contribution is 7.99. The van der Waals surface area contributed by atoms with E-state index >= 15 is 0 Å². The average Bonchev–Trinajstić information content (AvgIpc) is 3.06. The second kappa shape index (κ2) is 6.52. The van der Waals surface area contributed by atoms with Crippen LogP contribution in [0.4, 0.5) is 0 Å². The first-order chi connectivity index (χ1) is 12.2. The van der Waals surface area contributed by atoms with Gasteiger partial charge in [0.05, 0.1) is 11.9 Å². The summed E-state index contributed by atoms with van der Waals surface area (Å²) in [6, 6.07) is 15.7. The third kappa shape index (κ3) is 3.06. The van der Waals surface area contributed by atoms with E-state index in [4.69, 9.17) is 5.11 Å². The molecule has 0 fully saturated rings. The van der Waals surface area contributed by atoms with Gasteiger partial charge < -0.3 is 5.11 Å². The van der Waals surface area contributed by atoms with Crippen LogP contribution < -0.4 is 0 Å². The zero-order chi connectivity index (χ0) is 17.2. The summed E-state index contributed by atoms with van der Waals surface area (Å²) < 4.78 is 1.99. The first-order valence-electron chi connectivity index (χ1n) is 7.76. The molecule has 0 spiro atoms. The summed E-state index contributed by atoms with van der Waals surface area (Å²) in [5.41, 5.74) is 2.52. The van der Waals surface area contributed by atoms with Gasteiger partial charge in [0, 0.05) is 16.8 Å². The van der Waals surface area contributed by atoms with E-state index in [1.165, 1.54) is 11.8 Å². The monoisotopic (exact) mass is 350 g/mol. The van der Waals surface area contributed by atoms with Gasteiger partial charge in [-0.3, -0.25) is 14.2 Å². The van der Waals surface area contributed by atoms with Crippen LogP contribution in [0, 0.1) is 0 Å². The molecule has 0 saturated heterocycles. The number of carboxylic acid groups (broad SMARTS) is 1. The fourth-order valence-electron chi connectivity index (χ4n) is 2.68. The topological polar surface area (TPSA) is 80.4 Å². The number of pyridine rings is 2. The lowest BCUT2D eigenvalue weighted by Crippen LogP contribution is -1.96. The van der Waals surface area contributed by atoms with Crippen LogP contribution in [0.25, 0.3) is 28.1 Å². The molecule has 4 aromatic rings. The SMILES string of the molecule is O=C(O)CCSc1ccc2c(ccc3nnc(-c4ccccn4)n32)c1. The maximum absolute atomic E-state index is 10.7. The van der Waals surface area contributed by atoms with Crippen molar-refractivity contribution in [1.29, 1.82) is 0 Å². The molecule has 0 unspecified atom stereocenters. The molecular formula is C18H14N4O2S. The van der Waals surface area contributed by atoms with Gasteiger partial charge in [0.1, 0.15) is 5.69 Å². The highest BCUT2D eigenvalue weighted by Crippen LogP contribution is 2.27. The first kappa shape index (κ1) is 15.6. The molecule has 7 heteroatoms. The molecule has 0 aliphatic rings. The Bertz CT molecular complexity index is 1060. The number of thioether (sulfide) groups is 1. The fraction of sp³-hybridized carbons (Fsp3) is 0.111. The largest absolute Gasteiger partial charge is 0.481 e. The van der Waals surface area contributed by atoms with Crippen molar-refractivity contribution in [3.63, 3.8) is 0 Å². The van der Waals surface area contributed by atoms with Crippen LogP contribution in [0.2, 0.25) is 0 Å². The van der Waals surface area contributed by atoms with Gasteiger partial charge in [0.2, 0.25) is 0 Å². The Balaban J connectivity index is 1.78. The number of fused-ring (bicyclic) bond motifs is 3. The van der Waals surface area contributed by atoms with E-state index < -0.39 is 5.97 Å². The minimum atomic E-state index is -0.778. The van der Waals surface area contributed by atoms with Gasteiger partial charge in [-0.15, -0.1) is 22.0 Å². The Hall–Kier alpha value is -2.93. The molecule has 3 aromatic heterocycles. The van der Waals surface area contributed by atoms with Crippen LogP contribution in [0.1, 0.15) is 6.42 Å². The zero-order valence-corrected chi connectivity index (χ0v) is 14.0. The summed E-state index contributed by atoms with van der Waals surface area (Å²) in [6.07, 6.45) is 1.88. The predicted octanol–water partition coefficient (Wildman–Crippen LogP) is 3.51. The molecule has 0 bridgehead atoms. The third-order valence-corrected chi connectivity index (χ3v) is 4.81. The summed E-state index contributed by atoms with van der Waals surface area (Å²) in [6.45, 7) is 0. The van der Waals surface area contributed by atoms with Crippen molar-refractivity contribution in [2.45, 2.75) is 11.3 Å². The van der Waals surface area contributed by atoms with Crippen LogP contribution in [-0.2, 0) is 4.79 Å². The van der Waals surface area contributed by atoms with E-state index in [1.807, 2.05) is 46.9 Å². The molecule has 0 amide bonds. The van der Waals surface area contributed by atoms with Gasteiger partial charge in [-0.2, -0.15) is 0 Å². The van der Waals surface area contributed by atoms with Gasteiger partial charge in [-0.05, 0) is 47.9 Å². The van der Waals surface area contributed by atoms with Crippen molar-refractivity contribution in [3.8, 4) is 11.5 Å². The van der Waals surface area contributed by atoms with Crippen molar-refractivity contribution in [1.82, 2.24) is 19.6 Å². The Morgan fingerprint density at radius 2 is 2.04 bits per heavy atom. The van der Waals surface area contributed by atoms with Crippen molar-refractivity contribution in [2.75, 3.05) is 5.75 Å². The number of nitrogens with zero attached hydrogens (tertiary/aromatic N) is 4. The van der Waals surface area contributed by atoms with Crippen LogP contribution in [0.3, 0.4) is 0 Å². The summed E-state index contributed by atoms with van der Waals surface area (Å²) in [5, 5.41) is 18.3. The summed E-state index contributed by atoms with van der Waals surface area (Å²) in [5.74, 6) is 0.474. The quantitative estimate of drug-likeness (QED) is 0.555. The number of benzene rings is 1. The molecule has 0 atom stereocenters. The maximum Gasteiger partial charge on any atom is 0.304 e. The van der Waals surface area contributed by atoms with Crippen molar-refractivity contribution in [2.24, 2.45) is 0 Å². The van der Waals surface area contributed by atoms with E-state index in [2.05, 4.69) is 21.2 Å².